The van der Waals surface area contributed by atoms with Crippen LogP contribution in [0.25, 0.3) is 0 Å². The summed E-state index contributed by atoms with van der Waals surface area (Å²) in [5.74, 6) is -0.545. The topological polar surface area (TPSA) is 84.9 Å². The van der Waals surface area contributed by atoms with Crippen molar-refractivity contribution in [1.82, 2.24) is 5.32 Å². The Labute approximate surface area is 158 Å². The van der Waals surface area contributed by atoms with Crippen molar-refractivity contribution in [3.63, 3.8) is 0 Å². The van der Waals surface area contributed by atoms with Crippen LogP contribution < -0.4 is 10.1 Å². The van der Waals surface area contributed by atoms with Crippen molar-refractivity contribution in [2.24, 2.45) is 0 Å². The van der Waals surface area contributed by atoms with Crippen LogP contribution in [-0.2, 0) is 10.2 Å². The van der Waals surface area contributed by atoms with Crippen LogP contribution in [-0.4, -0.2) is 43.9 Å². The Hall–Kier alpha value is -2.86. The summed E-state index contributed by atoms with van der Waals surface area (Å²) in [6.07, 6.45) is 1.60. The van der Waals surface area contributed by atoms with E-state index in [0.29, 0.717) is 25.3 Å². The van der Waals surface area contributed by atoms with Crippen LogP contribution in [0.5, 0.6) is 5.75 Å². The number of carboxylic acid groups (broad SMARTS) is 1. The van der Waals surface area contributed by atoms with Gasteiger partial charge in [-0.2, -0.15) is 0 Å². The van der Waals surface area contributed by atoms with Gasteiger partial charge in [-0.1, -0.05) is 18.2 Å². The molecule has 6 heteroatoms. The van der Waals surface area contributed by atoms with Crippen LogP contribution in [0.15, 0.2) is 48.5 Å². The first-order chi connectivity index (χ1) is 13.0. The number of carbonyl (C=O) groups is 2. The Morgan fingerprint density at radius 3 is 2.41 bits per heavy atom. The van der Waals surface area contributed by atoms with Gasteiger partial charge in [0.2, 0.25) is 0 Å². The number of amides is 1. The third-order valence-corrected chi connectivity index (χ3v) is 5.11. The van der Waals surface area contributed by atoms with Crippen LogP contribution in [0.2, 0.25) is 0 Å². The first kappa shape index (κ1) is 18.9. The highest BCUT2D eigenvalue weighted by molar-refractivity contribution is 5.97. The predicted molar refractivity (Wildman–Crippen MR) is 100 cm³/mol. The number of hydrogen-bond donors (Lipinski definition) is 2. The van der Waals surface area contributed by atoms with Gasteiger partial charge in [-0.25, -0.2) is 4.79 Å². The molecule has 2 aromatic carbocycles. The first-order valence-corrected chi connectivity index (χ1v) is 8.88. The summed E-state index contributed by atoms with van der Waals surface area (Å²) in [4.78, 5) is 23.7. The molecule has 6 nitrogen and oxygen atoms in total. The molecule has 2 aromatic rings. The molecule has 142 valence electrons. The number of carboxylic acids is 1. The summed E-state index contributed by atoms with van der Waals surface area (Å²) in [7, 11) is 1.63. The van der Waals surface area contributed by atoms with Gasteiger partial charge in [-0.15, -0.1) is 0 Å². The number of aromatic carboxylic acids is 1. The molecule has 1 aliphatic rings. The maximum Gasteiger partial charge on any atom is 0.335 e. The second kappa shape index (κ2) is 8.22. The van der Waals surface area contributed by atoms with Crippen molar-refractivity contribution < 1.29 is 24.2 Å². The Balaban J connectivity index is 1.77. The van der Waals surface area contributed by atoms with Crippen LogP contribution in [0.3, 0.4) is 0 Å². The van der Waals surface area contributed by atoms with E-state index >= 15 is 0 Å². The maximum absolute atomic E-state index is 12.6. The molecule has 27 heavy (non-hydrogen) atoms. The fourth-order valence-corrected chi connectivity index (χ4v) is 3.42. The molecular weight excluding hydrogens is 346 g/mol. The number of benzene rings is 2. The van der Waals surface area contributed by atoms with Crippen molar-refractivity contribution in [2.45, 2.75) is 18.3 Å². The minimum absolute atomic E-state index is 0.0959. The third-order valence-electron chi connectivity index (χ3n) is 5.11. The highest BCUT2D eigenvalue weighted by atomic mass is 16.5. The summed E-state index contributed by atoms with van der Waals surface area (Å²) in [5, 5.41) is 12.1. The molecule has 1 saturated heterocycles. The Kier molecular flexibility index (Phi) is 5.76. The van der Waals surface area contributed by atoms with Gasteiger partial charge in [-0.05, 0) is 48.7 Å². The SMILES string of the molecule is COc1ccc(C2(CNC(=O)c3cccc(C(=O)O)c3)CCOCC2)cc1. The molecule has 0 bridgehead atoms. The van der Waals surface area contributed by atoms with E-state index in [1.807, 2.05) is 24.3 Å². The van der Waals surface area contributed by atoms with E-state index in [1.54, 1.807) is 19.2 Å². The lowest BCUT2D eigenvalue weighted by Crippen LogP contribution is -2.44. The lowest BCUT2D eigenvalue weighted by molar-refractivity contribution is 0.0487. The monoisotopic (exact) mass is 369 g/mol. The van der Waals surface area contributed by atoms with Crippen molar-refractivity contribution in [2.75, 3.05) is 26.9 Å². The summed E-state index contributed by atoms with van der Waals surface area (Å²) >= 11 is 0. The summed E-state index contributed by atoms with van der Waals surface area (Å²) in [6, 6.07) is 14.0. The number of methoxy groups -OCH3 is 1. The molecule has 1 fully saturated rings. The van der Waals surface area contributed by atoms with Gasteiger partial charge in [0.25, 0.3) is 5.91 Å². The minimum atomic E-state index is -1.05. The summed E-state index contributed by atoms with van der Waals surface area (Å²) < 4.78 is 10.8. The second-order valence-corrected chi connectivity index (χ2v) is 6.69. The average molecular weight is 369 g/mol. The zero-order valence-electron chi connectivity index (χ0n) is 15.2. The summed E-state index contributed by atoms with van der Waals surface area (Å²) in [5.41, 5.74) is 1.35. The van der Waals surface area contributed by atoms with Gasteiger partial charge in [0.1, 0.15) is 5.75 Å². The van der Waals surface area contributed by atoms with Gasteiger partial charge >= 0.3 is 5.97 Å². The number of hydrogen-bond acceptors (Lipinski definition) is 4. The molecule has 0 radical (unpaired) electrons. The van der Waals surface area contributed by atoms with E-state index in [0.717, 1.165) is 24.2 Å². The molecule has 0 unspecified atom stereocenters. The second-order valence-electron chi connectivity index (χ2n) is 6.69. The van der Waals surface area contributed by atoms with Crippen molar-refractivity contribution in [3.8, 4) is 5.75 Å². The lowest BCUT2D eigenvalue weighted by Gasteiger charge is -2.38. The quantitative estimate of drug-likeness (QED) is 0.818. The molecule has 2 N–H and O–H groups in total. The first-order valence-electron chi connectivity index (χ1n) is 8.88. The Morgan fingerprint density at radius 2 is 1.78 bits per heavy atom. The Bertz CT molecular complexity index is 810. The average Bonchev–Trinajstić information content (AvgIpc) is 2.73. The number of rotatable bonds is 6. The molecule has 1 heterocycles. The van der Waals surface area contributed by atoms with Gasteiger partial charge in [0.05, 0.1) is 12.7 Å². The van der Waals surface area contributed by atoms with Crippen molar-refractivity contribution in [1.29, 1.82) is 0 Å². The van der Waals surface area contributed by atoms with E-state index in [-0.39, 0.29) is 16.9 Å². The standard InChI is InChI=1S/C21H23NO5/c1-26-18-7-5-17(6-8-18)21(9-11-27-12-10-21)14-22-19(23)15-3-2-4-16(13-15)20(24)25/h2-8,13H,9-12,14H2,1H3,(H,22,23)(H,24,25). The van der Waals surface area contributed by atoms with Crippen LogP contribution in [0.1, 0.15) is 39.1 Å². The third kappa shape index (κ3) is 4.28. The molecule has 0 aliphatic carbocycles. The van der Waals surface area contributed by atoms with Crippen LogP contribution in [0, 0.1) is 0 Å². The zero-order valence-corrected chi connectivity index (χ0v) is 15.2. The van der Waals surface area contributed by atoms with E-state index in [1.165, 1.54) is 12.1 Å². The van der Waals surface area contributed by atoms with Gasteiger partial charge in [-0.3, -0.25) is 4.79 Å². The fraction of sp³-hybridized carbons (Fsp3) is 0.333. The van der Waals surface area contributed by atoms with Crippen LogP contribution in [0.4, 0.5) is 0 Å². The molecule has 0 aromatic heterocycles. The van der Waals surface area contributed by atoms with Gasteiger partial charge < -0.3 is 19.9 Å². The molecule has 0 atom stereocenters. The number of ether oxygens (including phenoxy) is 2. The minimum Gasteiger partial charge on any atom is -0.497 e. The normalized spacial score (nSPS) is 15.7. The maximum atomic E-state index is 12.6. The number of carbonyl (C=O) groups excluding carboxylic acids is 1. The van der Waals surface area contributed by atoms with Crippen molar-refractivity contribution >= 4 is 11.9 Å². The lowest BCUT2D eigenvalue weighted by atomic mass is 9.74. The molecule has 0 saturated carbocycles. The van der Waals surface area contributed by atoms with Gasteiger partial charge in [0, 0.05) is 30.7 Å². The molecule has 1 amide bonds. The van der Waals surface area contributed by atoms with Gasteiger partial charge in [0.15, 0.2) is 0 Å². The molecule has 1 aliphatic heterocycles. The highest BCUT2D eigenvalue weighted by Gasteiger charge is 2.35. The van der Waals surface area contributed by atoms with E-state index < -0.39 is 5.97 Å². The summed E-state index contributed by atoms with van der Waals surface area (Å²) in [6.45, 7) is 1.73. The highest BCUT2D eigenvalue weighted by Crippen LogP contribution is 2.35. The van der Waals surface area contributed by atoms with E-state index in [9.17, 15) is 9.59 Å². The van der Waals surface area contributed by atoms with E-state index in [4.69, 9.17) is 14.6 Å². The largest absolute Gasteiger partial charge is 0.497 e. The smallest absolute Gasteiger partial charge is 0.335 e. The molecule has 3 rings (SSSR count). The Morgan fingerprint density at radius 1 is 1.11 bits per heavy atom. The molecule has 0 spiro atoms. The number of nitrogens with one attached hydrogen (secondary N) is 1. The van der Waals surface area contributed by atoms with E-state index in [2.05, 4.69) is 5.32 Å². The van der Waals surface area contributed by atoms with Crippen LogP contribution >= 0.6 is 0 Å². The predicted octanol–water partition coefficient (Wildman–Crippen LogP) is 2.87. The zero-order chi connectivity index (χ0) is 19.3. The fourth-order valence-electron chi connectivity index (χ4n) is 3.42. The molecular formula is C21H23NO5. The van der Waals surface area contributed by atoms with Crippen molar-refractivity contribution in [3.05, 3.63) is 65.2 Å².